The Morgan fingerprint density at radius 2 is 1.92 bits per heavy atom. The van der Waals surface area contributed by atoms with E-state index < -0.39 is 16.8 Å². The van der Waals surface area contributed by atoms with Gasteiger partial charge in [0.25, 0.3) is 0 Å². The SMILES string of the molecule is C=S(C)(C)(C)Nc1ccc2c(c1)[PH](O)(OCC)N=C(C1=C(O)[C@H](C3CCCC3)N(CCC(C)(C)C)C1=O)N2. The first-order chi connectivity index (χ1) is 17.5. The van der Waals surface area contributed by atoms with E-state index >= 15 is 0 Å². The van der Waals surface area contributed by atoms with Crippen molar-refractivity contribution in [3.8, 4) is 0 Å². The fraction of sp³-hybridized carbons (Fsp3) is 0.607. The molecule has 0 radical (unpaired) electrons. The predicted molar refractivity (Wildman–Crippen MR) is 167 cm³/mol. The molecule has 1 aromatic carbocycles. The van der Waals surface area contributed by atoms with Crippen molar-refractivity contribution >= 4 is 51.1 Å². The molecular weight excluding hydrogens is 519 g/mol. The molecule has 4 rings (SSSR count). The van der Waals surface area contributed by atoms with E-state index in [0.717, 1.165) is 37.8 Å². The maximum atomic E-state index is 13.9. The van der Waals surface area contributed by atoms with Crippen LogP contribution in [0.4, 0.5) is 11.4 Å². The number of anilines is 2. The third-order valence-electron chi connectivity index (χ3n) is 7.26. The van der Waals surface area contributed by atoms with Crippen molar-refractivity contribution in [1.82, 2.24) is 4.90 Å². The third-order valence-corrected chi connectivity index (χ3v) is 10.6. The van der Waals surface area contributed by atoms with Gasteiger partial charge in [-0.15, -0.1) is 0 Å². The van der Waals surface area contributed by atoms with Gasteiger partial charge < -0.3 is 0 Å². The Morgan fingerprint density at radius 1 is 1.26 bits per heavy atom. The minimum atomic E-state index is -3.84. The number of carbonyl (C=O) groups is 1. The Morgan fingerprint density at radius 3 is 2.50 bits per heavy atom. The van der Waals surface area contributed by atoms with Crippen LogP contribution in [0.2, 0.25) is 0 Å². The standard InChI is InChI=1S/C28H47N4O4PS/c1-9-36-37(35)22-18-20(31-38(5,6,7)8)14-15-21(22)29-26(30-37)23-25(33)24(19-12-10-11-13-19)32(27(23)34)17-16-28(2,3)4/h14-15,18-19,24,31,33,35,37H,5,9-13,16-17H2,1-4,6-8H3,(H,29,30)/t24-/m0/s1. The molecule has 8 nitrogen and oxygen atoms in total. The molecule has 0 bridgehead atoms. The molecule has 0 unspecified atom stereocenters. The third kappa shape index (κ3) is 6.27. The number of hydrogen-bond acceptors (Lipinski definition) is 7. The number of aliphatic hydroxyl groups excluding tert-OH is 1. The average molecular weight is 567 g/mol. The van der Waals surface area contributed by atoms with Gasteiger partial charge in [-0.05, 0) is 0 Å². The van der Waals surface area contributed by atoms with Gasteiger partial charge in [0, 0.05) is 0 Å². The molecule has 3 aliphatic rings. The van der Waals surface area contributed by atoms with Crippen molar-refractivity contribution in [2.45, 2.75) is 65.8 Å². The van der Waals surface area contributed by atoms with Gasteiger partial charge in [0.15, 0.2) is 0 Å². The van der Waals surface area contributed by atoms with Crippen molar-refractivity contribution in [3.63, 3.8) is 0 Å². The normalized spacial score (nSPS) is 23.9. The summed E-state index contributed by atoms with van der Waals surface area (Å²) < 4.78 is 14.1. The van der Waals surface area contributed by atoms with E-state index in [-0.39, 0.29) is 47.1 Å². The molecule has 1 fully saturated rings. The molecule has 2 aliphatic heterocycles. The monoisotopic (exact) mass is 566 g/mol. The summed E-state index contributed by atoms with van der Waals surface area (Å²) in [6, 6.07) is 5.30. The molecule has 38 heavy (non-hydrogen) atoms. The van der Waals surface area contributed by atoms with Crippen LogP contribution in [0.15, 0.2) is 34.3 Å². The summed E-state index contributed by atoms with van der Waals surface area (Å²) in [5, 5.41) is 15.4. The Balaban J connectivity index is 1.75. The van der Waals surface area contributed by atoms with E-state index in [1.807, 2.05) is 30.0 Å². The summed E-state index contributed by atoms with van der Waals surface area (Å²) in [4.78, 5) is 27.5. The van der Waals surface area contributed by atoms with Crippen molar-refractivity contribution in [1.29, 1.82) is 0 Å². The summed E-state index contributed by atoms with van der Waals surface area (Å²) in [6.07, 6.45) is 11.3. The van der Waals surface area contributed by atoms with Crippen molar-refractivity contribution in [2.75, 3.05) is 42.0 Å². The van der Waals surface area contributed by atoms with Gasteiger partial charge in [-0.1, -0.05) is 0 Å². The quantitative estimate of drug-likeness (QED) is 0.251. The second kappa shape index (κ2) is 9.92. The van der Waals surface area contributed by atoms with Crippen LogP contribution in [0.1, 0.15) is 59.8 Å². The van der Waals surface area contributed by atoms with Gasteiger partial charge in [-0.3, -0.25) is 0 Å². The summed E-state index contributed by atoms with van der Waals surface area (Å²) >= 11 is 0. The van der Waals surface area contributed by atoms with E-state index in [2.05, 4.69) is 60.2 Å². The van der Waals surface area contributed by atoms with E-state index in [1.165, 1.54) is 0 Å². The molecule has 1 amide bonds. The first kappa shape index (κ1) is 29.1. The molecular formula is C28H47N4O4PS. The van der Waals surface area contributed by atoms with Gasteiger partial charge in [0.2, 0.25) is 0 Å². The van der Waals surface area contributed by atoms with E-state index in [9.17, 15) is 14.8 Å². The summed E-state index contributed by atoms with van der Waals surface area (Å²) in [7, 11) is -5.92. The van der Waals surface area contributed by atoms with Gasteiger partial charge in [-0.2, -0.15) is 0 Å². The second-order valence-corrected chi connectivity index (χ2v) is 21.6. The maximum absolute atomic E-state index is 13.9. The molecule has 2 heterocycles. The number of aliphatic hydroxyl groups is 1. The van der Waals surface area contributed by atoms with Crippen molar-refractivity contribution in [2.24, 2.45) is 16.1 Å². The van der Waals surface area contributed by atoms with E-state index in [0.29, 0.717) is 17.5 Å². The molecule has 0 aromatic heterocycles. The zero-order chi connectivity index (χ0) is 28.1. The second-order valence-electron chi connectivity index (χ2n) is 13.4. The number of amidine groups is 1. The molecule has 1 saturated carbocycles. The van der Waals surface area contributed by atoms with Crippen LogP contribution < -0.4 is 15.3 Å². The Hall–Kier alpha value is -1.93. The number of rotatable bonds is 8. The zero-order valence-electron chi connectivity index (χ0n) is 24.1. The molecule has 4 N–H and O–H groups in total. The average Bonchev–Trinajstić information content (AvgIpc) is 3.36. The van der Waals surface area contributed by atoms with Crippen LogP contribution in [0, 0.1) is 11.3 Å². The number of hydrogen-bond donors (Lipinski definition) is 4. The first-order valence-electron chi connectivity index (χ1n) is 13.6. The number of carbonyl (C=O) groups excluding carboxylic acids is 1. The molecule has 214 valence electrons. The van der Waals surface area contributed by atoms with Gasteiger partial charge in [-0.25, -0.2) is 0 Å². The van der Waals surface area contributed by atoms with Crippen LogP contribution >= 0.6 is 16.8 Å². The van der Waals surface area contributed by atoms with Crippen LogP contribution in [0.5, 0.6) is 0 Å². The zero-order valence-corrected chi connectivity index (χ0v) is 25.9. The van der Waals surface area contributed by atoms with Gasteiger partial charge in [0.1, 0.15) is 0 Å². The number of amides is 1. The number of nitrogens with one attached hydrogen (secondary N) is 2. The summed E-state index contributed by atoms with van der Waals surface area (Å²) in [5.74, 6) is 4.58. The van der Waals surface area contributed by atoms with Crippen LogP contribution in [-0.2, 0) is 9.32 Å². The molecule has 1 aromatic rings. The fourth-order valence-electron chi connectivity index (χ4n) is 5.56. The Bertz CT molecular complexity index is 1230. The Labute approximate surface area is 228 Å². The number of fused-ring (bicyclic) bond motifs is 1. The summed E-state index contributed by atoms with van der Waals surface area (Å²) in [5.41, 5.74) is 1.67. The molecule has 0 spiro atoms. The molecule has 0 saturated heterocycles. The van der Waals surface area contributed by atoms with E-state index in [1.54, 1.807) is 0 Å². The number of benzene rings is 1. The van der Waals surface area contributed by atoms with Crippen molar-refractivity contribution in [3.05, 3.63) is 29.5 Å². The van der Waals surface area contributed by atoms with Crippen LogP contribution in [0.25, 0.3) is 0 Å². The first-order valence-corrected chi connectivity index (χ1v) is 18.8. The molecule has 10 heteroatoms. The van der Waals surface area contributed by atoms with Crippen LogP contribution in [0.3, 0.4) is 0 Å². The molecule has 1 atom stereocenters. The summed E-state index contributed by atoms with van der Waals surface area (Å²) in [6.45, 7) is 9.11. The fourth-order valence-corrected chi connectivity index (χ4v) is 8.62. The van der Waals surface area contributed by atoms with E-state index in [4.69, 9.17) is 4.52 Å². The molecule has 1 aliphatic carbocycles. The van der Waals surface area contributed by atoms with Crippen LogP contribution in [-0.4, -0.2) is 70.5 Å². The number of nitrogens with zero attached hydrogens (tertiary/aromatic N) is 2. The van der Waals surface area contributed by atoms with Gasteiger partial charge in [0.05, 0.1) is 0 Å². The van der Waals surface area contributed by atoms with Crippen molar-refractivity contribution < 1.29 is 19.3 Å². The Kier molecular flexibility index (Phi) is 7.58. The topological polar surface area (TPSA) is 106 Å². The van der Waals surface area contributed by atoms with Gasteiger partial charge >= 0.3 is 229 Å². The predicted octanol–water partition coefficient (Wildman–Crippen LogP) is 5.30. The minimum absolute atomic E-state index is 0.0498.